The van der Waals surface area contributed by atoms with Gasteiger partial charge in [0.2, 0.25) is 0 Å². The Labute approximate surface area is 128 Å². The lowest BCUT2D eigenvalue weighted by atomic mass is 10.2. The maximum atomic E-state index is 6.22. The van der Waals surface area contributed by atoms with Gasteiger partial charge in [0.15, 0.2) is 0 Å². The molecule has 0 fully saturated rings. The van der Waals surface area contributed by atoms with E-state index in [0.717, 1.165) is 24.5 Å². The van der Waals surface area contributed by atoms with E-state index in [2.05, 4.69) is 21.4 Å². The molecule has 21 heavy (non-hydrogen) atoms. The summed E-state index contributed by atoms with van der Waals surface area (Å²) < 4.78 is 5.76. The molecule has 0 amide bonds. The fourth-order valence-corrected chi connectivity index (χ4v) is 2.57. The molecule has 3 N–H and O–H groups in total. The van der Waals surface area contributed by atoms with E-state index in [0.29, 0.717) is 24.0 Å². The van der Waals surface area contributed by atoms with Gasteiger partial charge < -0.3 is 10.2 Å². The van der Waals surface area contributed by atoms with Crippen molar-refractivity contribution in [2.75, 3.05) is 18.6 Å². The van der Waals surface area contributed by atoms with Crippen LogP contribution in [0.2, 0.25) is 5.02 Å². The van der Waals surface area contributed by atoms with Crippen molar-refractivity contribution >= 4 is 17.4 Å². The third-order valence-corrected chi connectivity index (χ3v) is 3.82. The molecule has 1 aromatic heterocycles. The third kappa shape index (κ3) is 3.26. The highest BCUT2D eigenvalue weighted by Gasteiger charge is 2.16. The van der Waals surface area contributed by atoms with Crippen molar-refractivity contribution in [3.05, 3.63) is 52.7 Å². The van der Waals surface area contributed by atoms with Gasteiger partial charge in [-0.15, -0.1) is 0 Å². The molecule has 1 aliphatic rings. The van der Waals surface area contributed by atoms with E-state index in [1.165, 1.54) is 5.56 Å². The number of nitrogens with two attached hydrogens (primary N) is 1. The van der Waals surface area contributed by atoms with Crippen LogP contribution in [0.5, 0.6) is 5.75 Å². The average Bonchev–Trinajstić information content (AvgIpc) is 2.71. The first-order valence-corrected chi connectivity index (χ1v) is 7.19. The number of hydrogen-bond donors (Lipinski definition) is 2. The Balaban J connectivity index is 1.79. The van der Waals surface area contributed by atoms with Gasteiger partial charge in [0.1, 0.15) is 18.2 Å². The molecule has 0 atom stereocenters. The van der Waals surface area contributed by atoms with Crippen LogP contribution in [0.4, 0.5) is 5.82 Å². The lowest BCUT2D eigenvalue weighted by molar-refractivity contribution is 0.218. The Bertz CT molecular complexity index is 635. The molecule has 2 aromatic rings. The molecule has 0 radical (unpaired) electrons. The van der Waals surface area contributed by atoms with Crippen LogP contribution in [0.15, 0.2) is 36.4 Å². The van der Waals surface area contributed by atoms with Crippen molar-refractivity contribution in [2.24, 2.45) is 5.84 Å². The summed E-state index contributed by atoms with van der Waals surface area (Å²) in [4.78, 5) is 6.69. The maximum Gasteiger partial charge on any atom is 0.140 e. The van der Waals surface area contributed by atoms with Crippen molar-refractivity contribution in [1.82, 2.24) is 9.88 Å². The standard InChI is InChI=1S/C15H17ClN4O/c16-12-5-6-15(19-17)18-13(12)10-20-7-8-21-14-4-2-1-3-11(14)9-20/h1-6H,7-10,17H2,(H,18,19). The zero-order valence-corrected chi connectivity index (χ0v) is 12.3. The van der Waals surface area contributed by atoms with Gasteiger partial charge in [0, 0.05) is 25.2 Å². The van der Waals surface area contributed by atoms with E-state index in [-0.39, 0.29) is 0 Å². The molecule has 0 spiro atoms. The van der Waals surface area contributed by atoms with Crippen molar-refractivity contribution in [1.29, 1.82) is 0 Å². The molecule has 5 nitrogen and oxygen atoms in total. The van der Waals surface area contributed by atoms with Crippen molar-refractivity contribution in [2.45, 2.75) is 13.1 Å². The SMILES string of the molecule is NNc1ccc(Cl)c(CN2CCOc3ccccc3C2)n1. The van der Waals surface area contributed by atoms with Crippen LogP contribution in [0.3, 0.4) is 0 Å². The van der Waals surface area contributed by atoms with Crippen LogP contribution in [0.1, 0.15) is 11.3 Å². The van der Waals surface area contributed by atoms with E-state index in [4.69, 9.17) is 22.2 Å². The summed E-state index contributed by atoms with van der Waals surface area (Å²) in [6.45, 7) is 2.96. The molecule has 0 saturated heterocycles. The molecule has 3 rings (SSSR count). The quantitative estimate of drug-likeness (QED) is 0.673. The Hall–Kier alpha value is -1.82. The molecule has 6 heteroatoms. The molecule has 0 saturated carbocycles. The smallest absolute Gasteiger partial charge is 0.140 e. The van der Waals surface area contributed by atoms with Gasteiger partial charge >= 0.3 is 0 Å². The Morgan fingerprint density at radius 1 is 1.29 bits per heavy atom. The first-order chi connectivity index (χ1) is 10.3. The molecule has 0 aliphatic carbocycles. The van der Waals surface area contributed by atoms with Gasteiger partial charge in [0.05, 0.1) is 10.7 Å². The van der Waals surface area contributed by atoms with Crippen molar-refractivity contribution in [3.63, 3.8) is 0 Å². The number of ether oxygens (including phenoxy) is 1. The number of anilines is 1. The number of pyridine rings is 1. The van der Waals surface area contributed by atoms with Crippen LogP contribution in [0.25, 0.3) is 0 Å². The number of aromatic nitrogens is 1. The summed E-state index contributed by atoms with van der Waals surface area (Å²) in [6, 6.07) is 11.7. The van der Waals surface area contributed by atoms with Crippen molar-refractivity contribution in [3.8, 4) is 5.75 Å². The predicted octanol–water partition coefficient (Wildman–Crippen LogP) is 2.42. The minimum absolute atomic E-state index is 0.612. The number of halogens is 1. The van der Waals surface area contributed by atoms with Gasteiger partial charge in [-0.05, 0) is 18.2 Å². The number of fused-ring (bicyclic) bond motifs is 1. The molecule has 2 heterocycles. The highest BCUT2D eigenvalue weighted by molar-refractivity contribution is 6.31. The molecule has 1 aliphatic heterocycles. The number of para-hydroxylation sites is 1. The normalized spacial score (nSPS) is 15.0. The van der Waals surface area contributed by atoms with Crippen LogP contribution in [0, 0.1) is 0 Å². The second-order valence-electron chi connectivity index (χ2n) is 4.94. The number of benzene rings is 1. The molecular weight excluding hydrogens is 288 g/mol. The summed E-state index contributed by atoms with van der Waals surface area (Å²) in [5.41, 5.74) is 4.54. The monoisotopic (exact) mass is 304 g/mol. The second kappa shape index (κ2) is 6.30. The fraction of sp³-hybridized carbons (Fsp3) is 0.267. The Morgan fingerprint density at radius 3 is 3.00 bits per heavy atom. The molecule has 110 valence electrons. The van der Waals surface area contributed by atoms with Crippen LogP contribution < -0.4 is 16.0 Å². The summed E-state index contributed by atoms with van der Waals surface area (Å²) in [6.07, 6.45) is 0. The van der Waals surface area contributed by atoms with Gasteiger partial charge in [-0.2, -0.15) is 0 Å². The zero-order chi connectivity index (χ0) is 14.7. The van der Waals surface area contributed by atoms with Gasteiger partial charge in [-0.1, -0.05) is 29.8 Å². The van der Waals surface area contributed by atoms with E-state index in [1.807, 2.05) is 18.2 Å². The number of hydrazine groups is 1. The van der Waals surface area contributed by atoms with Gasteiger partial charge in [-0.3, -0.25) is 4.90 Å². The summed E-state index contributed by atoms with van der Waals surface area (Å²) in [5.74, 6) is 6.97. The summed E-state index contributed by atoms with van der Waals surface area (Å²) in [7, 11) is 0. The largest absolute Gasteiger partial charge is 0.492 e. The Morgan fingerprint density at radius 2 is 2.14 bits per heavy atom. The number of nitrogen functional groups attached to an aromatic ring is 1. The molecular formula is C15H17ClN4O. The van der Waals surface area contributed by atoms with E-state index >= 15 is 0 Å². The number of nitrogens with one attached hydrogen (secondary N) is 1. The molecule has 1 aromatic carbocycles. The van der Waals surface area contributed by atoms with Gasteiger partial charge in [-0.25, -0.2) is 10.8 Å². The van der Waals surface area contributed by atoms with Crippen molar-refractivity contribution < 1.29 is 4.74 Å². The first-order valence-electron chi connectivity index (χ1n) is 6.81. The molecule has 0 bridgehead atoms. The lowest BCUT2D eigenvalue weighted by Gasteiger charge is -2.19. The fourth-order valence-electron chi connectivity index (χ4n) is 2.40. The topological polar surface area (TPSA) is 63.4 Å². The Kier molecular flexibility index (Phi) is 4.24. The average molecular weight is 305 g/mol. The number of hydrogen-bond acceptors (Lipinski definition) is 5. The van der Waals surface area contributed by atoms with E-state index in [1.54, 1.807) is 12.1 Å². The van der Waals surface area contributed by atoms with E-state index in [9.17, 15) is 0 Å². The van der Waals surface area contributed by atoms with Crippen LogP contribution in [-0.4, -0.2) is 23.0 Å². The number of rotatable bonds is 3. The summed E-state index contributed by atoms with van der Waals surface area (Å²) in [5, 5.41) is 0.646. The van der Waals surface area contributed by atoms with Crippen LogP contribution >= 0.6 is 11.6 Å². The first kappa shape index (κ1) is 14.1. The van der Waals surface area contributed by atoms with Crippen LogP contribution in [-0.2, 0) is 13.1 Å². The predicted molar refractivity (Wildman–Crippen MR) is 83.1 cm³/mol. The van der Waals surface area contributed by atoms with Gasteiger partial charge in [0.25, 0.3) is 0 Å². The minimum Gasteiger partial charge on any atom is -0.492 e. The third-order valence-electron chi connectivity index (χ3n) is 3.47. The highest BCUT2D eigenvalue weighted by Crippen LogP contribution is 2.24. The maximum absolute atomic E-state index is 6.22. The summed E-state index contributed by atoms with van der Waals surface area (Å²) >= 11 is 6.22. The minimum atomic E-state index is 0.612. The highest BCUT2D eigenvalue weighted by atomic mass is 35.5. The zero-order valence-electron chi connectivity index (χ0n) is 11.6. The molecule has 0 unspecified atom stereocenters. The number of nitrogens with zero attached hydrogens (tertiary/aromatic N) is 2. The lowest BCUT2D eigenvalue weighted by Crippen LogP contribution is -2.26. The second-order valence-corrected chi connectivity index (χ2v) is 5.34. The van der Waals surface area contributed by atoms with E-state index < -0.39 is 0 Å².